The third-order valence-corrected chi connectivity index (χ3v) is 3.16. The third-order valence-electron chi connectivity index (χ3n) is 1.07. The van der Waals surface area contributed by atoms with Gasteiger partial charge in [0.2, 0.25) is 0 Å². The van der Waals surface area contributed by atoms with Gasteiger partial charge < -0.3 is 4.74 Å². The predicted octanol–water partition coefficient (Wildman–Crippen LogP) is 3.79. The summed E-state index contributed by atoms with van der Waals surface area (Å²) in [4.78, 5) is 3.86. The summed E-state index contributed by atoms with van der Waals surface area (Å²) in [5.41, 5.74) is 0. The Hall–Kier alpha value is 0.930. The average molecular weight is 541 g/mol. The maximum Gasteiger partial charge on any atom is 0.573 e. The Morgan fingerprint density at radius 2 is 1.79 bits per heavy atom. The standard InChI is InChI=1S/C6HF3I3NO/c7-6(8,9)14-4-2(10)1-3(11)13-5(4)12/h1H. The molecular weight excluding hydrogens is 540 g/mol. The van der Waals surface area contributed by atoms with Crippen molar-refractivity contribution in [3.05, 3.63) is 17.0 Å². The molecule has 8 heteroatoms. The molecule has 0 aliphatic carbocycles. The first kappa shape index (κ1) is 13.0. The van der Waals surface area contributed by atoms with Gasteiger partial charge >= 0.3 is 6.36 Å². The van der Waals surface area contributed by atoms with Gasteiger partial charge in [0, 0.05) is 0 Å². The van der Waals surface area contributed by atoms with Gasteiger partial charge in [-0.1, -0.05) is 0 Å². The van der Waals surface area contributed by atoms with Crippen LogP contribution in [0.1, 0.15) is 0 Å². The molecule has 0 atom stereocenters. The van der Waals surface area contributed by atoms with Crippen molar-refractivity contribution >= 4 is 67.8 Å². The summed E-state index contributed by atoms with van der Waals surface area (Å²) >= 11 is 5.41. The molecule has 78 valence electrons. The Labute approximate surface area is 118 Å². The summed E-state index contributed by atoms with van der Waals surface area (Å²) in [5.74, 6) is -0.237. The first-order valence-corrected chi connectivity index (χ1v) is 6.30. The van der Waals surface area contributed by atoms with Crippen LogP contribution in [0.2, 0.25) is 0 Å². The fourth-order valence-electron chi connectivity index (χ4n) is 0.652. The van der Waals surface area contributed by atoms with Gasteiger partial charge in [-0.25, -0.2) is 4.98 Å². The number of aromatic nitrogens is 1. The minimum atomic E-state index is -4.67. The minimum absolute atomic E-state index is 0.205. The molecule has 1 aromatic rings. The molecule has 0 aromatic carbocycles. The number of alkyl halides is 3. The van der Waals surface area contributed by atoms with Crippen LogP contribution in [0.25, 0.3) is 0 Å². The number of hydrogen-bond donors (Lipinski definition) is 0. The van der Waals surface area contributed by atoms with E-state index in [0.29, 0.717) is 7.27 Å². The molecule has 0 radical (unpaired) electrons. The minimum Gasteiger partial charge on any atom is -0.402 e. The van der Waals surface area contributed by atoms with Crippen molar-refractivity contribution in [2.75, 3.05) is 0 Å². The molecule has 0 N–H and O–H groups in total. The summed E-state index contributed by atoms with van der Waals surface area (Å²) in [6.07, 6.45) is -4.67. The lowest BCUT2D eigenvalue weighted by Gasteiger charge is -2.11. The lowest BCUT2D eigenvalue weighted by molar-refractivity contribution is -0.275. The summed E-state index contributed by atoms with van der Waals surface area (Å²) in [7, 11) is 0. The zero-order valence-corrected chi connectivity index (χ0v) is 12.7. The van der Waals surface area contributed by atoms with E-state index in [4.69, 9.17) is 0 Å². The largest absolute Gasteiger partial charge is 0.573 e. The van der Waals surface area contributed by atoms with E-state index in [2.05, 4.69) is 9.72 Å². The van der Waals surface area contributed by atoms with Crippen molar-refractivity contribution in [3.63, 3.8) is 0 Å². The van der Waals surface area contributed by atoms with Crippen molar-refractivity contribution in [2.45, 2.75) is 6.36 Å². The molecule has 0 aliphatic heterocycles. The predicted molar refractivity (Wildman–Crippen MR) is 69.1 cm³/mol. The Balaban J connectivity index is 3.09. The van der Waals surface area contributed by atoms with Crippen LogP contribution in [0.5, 0.6) is 5.75 Å². The van der Waals surface area contributed by atoms with Gasteiger partial charge in [-0.3, -0.25) is 0 Å². The molecule has 1 heterocycles. The molecule has 2 nitrogen and oxygen atoms in total. The quantitative estimate of drug-likeness (QED) is 0.400. The second-order valence-corrected chi connectivity index (χ2v) is 5.38. The lowest BCUT2D eigenvalue weighted by atomic mass is 10.5. The smallest absolute Gasteiger partial charge is 0.402 e. The molecule has 0 fully saturated rings. The van der Waals surface area contributed by atoms with E-state index in [1.807, 2.05) is 22.6 Å². The summed E-state index contributed by atoms with van der Waals surface area (Å²) < 4.78 is 40.9. The first-order chi connectivity index (χ1) is 6.29. The molecule has 0 bridgehead atoms. The van der Waals surface area contributed by atoms with Crippen LogP contribution in [-0.2, 0) is 0 Å². The van der Waals surface area contributed by atoms with Crippen LogP contribution in [0, 0.1) is 11.0 Å². The molecule has 1 rings (SSSR count). The highest BCUT2D eigenvalue weighted by atomic mass is 127. The monoisotopic (exact) mass is 541 g/mol. The average Bonchev–Trinajstić information content (AvgIpc) is 1.95. The van der Waals surface area contributed by atoms with Gasteiger partial charge in [0.25, 0.3) is 0 Å². The Bertz CT molecular complexity index is 332. The summed E-state index contributed by atoms with van der Waals surface area (Å²) in [6.45, 7) is 0. The van der Waals surface area contributed by atoms with Crippen LogP contribution < -0.4 is 4.74 Å². The van der Waals surface area contributed by atoms with E-state index in [9.17, 15) is 13.2 Å². The van der Waals surface area contributed by atoms with E-state index in [1.54, 1.807) is 45.2 Å². The normalized spacial score (nSPS) is 11.6. The number of pyridine rings is 1. The number of halogens is 6. The van der Waals surface area contributed by atoms with Crippen LogP contribution in [0.15, 0.2) is 6.07 Å². The van der Waals surface area contributed by atoms with Crippen molar-refractivity contribution in [3.8, 4) is 5.75 Å². The molecule has 0 unspecified atom stereocenters. The number of hydrogen-bond acceptors (Lipinski definition) is 2. The van der Waals surface area contributed by atoms with Crippen molar-refractivity contribution in [1.82, 2.24) is 4.98 Å². The highest BCUT2D eigenvalue weighted by molar-refractivity contribution is 14.1. The summed E-state index contributed by atoms with van der Waals surface area (Å²) in [6, 6.07) is 1.52. The Morgan fingerprint density at radius 1 is 1.21 bits per heavy atom. The number of ether oxygens (including phenoxy) is 1. The van der Waals surface area contributed by atoms with Crippen LogP contribution in [0.3, 0.4) is 0 Å². The van der Waals surface area contributed by atoms with Crippen LogP contribution in [0.4, 0.5) is 13.2 Å². The molecule has 1 aromatic heterocycles. The van der Waals surface area contributed by atoms with Crippen LogP contribution >= 0.6 is 67.8 Å². The molecule has 14 heavy (non-hydrogen) atoms. The first-order valence-electron chi connectivity index (χ1n) is 3.07. The van der Waals surface area contributed by atoms with E-state index in [-0.39, 0.29) is 9.45 Å². The number of nitrogens with zero attached hydrogens (tertiary/aromatic N) is 1. The third kappa shape index (κ3) is 3.83. The Kier molecular flexibility index (Phi) is 4.50. The van der Waals surface area contributed by atoms with Crippen LogP contribution in [-0.4, -0.2) is 11.3 Å². The van der Waals surface area contributed by atoms with Crippen molar-refractivity contribution < 1.29 is 17.9 Å². The molecule has 0 spiro atoms. The highest BCUT2D eigenvalue weighted by Crippen LogP contribution is 2.31. The molecule has 0 aliphatic rings. The fraction of sp³-hybridized carbons (Fsp3) is 0.167. The lowest BCUT2D eigenvalue weighted by Crippen LogP contribution is -2.19. The van der Waals surface area contributed by atoms with E-state index in [0.717, 1.165) is 0 Å². The Morgan fingerprint density at radius 3 is 2.21 bits per heavy atom. The van der Waals surface area contributed by atoms with Gasteiger partial charge in [-0.2, -0.15) is 0 Å². The maximum atomic E-state index is 11.9. The topological polar surface area (TPSA) is 22.1 Å². The number of rotatable bonds is 1. The zero-order valence-electron chi connectivity index (χ0n) is 6.20. The van der Waals surface area contributed by atoms with Gasteiger partial charge in [0.1, 0.15) is 7.40 Å². The van der Waals surface area contributed by atoms with E-state index < -0.39 is 6.36 Å². The zero-order chi connectivity index (χ0) is 10.9. The second kappa shape index (κ2) is 4.84. The van der Waals surface area contributed by atoms with E-state index in [1.165, 1.54) is 6.07 Å². The molecule has 0 amide bonds. The molecule has 0 saturated carbocycles. The maximum absolute atomic E-state index is 11.9. The van der Waals surface area contributed by atoms with Gasteiger partial charge in [0.05, 0.1) is 3.57 Å². The van der Waals surface area contributed by atoms with Gasteiger partial charge in [-0.15, -0.1) is 13.2 Å². The second-order valence-electron chi connectivity index (χ2n) is 2.09. The van der Waals surface area contributed by atoms with Gasteiger partial charge in [-0.05, 0) is 73.8 Å². The van der Waals surface area contributed by atoms with E-state index >= 15 is 0 Å². The fourth-order valence-corrected chi connectivity index (χ4v) is 4.10. The van der Waals surface area contributed by atoms with Gasteiger partial charge in [0.15, 0.2) is 5.75 Å². The van der Waals surface area contributed by atoms with Crippen molar-refractivity contribution in [1.29, 1.82) is 0 Å². The van der Waals surface area contributed by atoms with Crippen molar-refractivity contribution in [2.24, 2.45) is 0 Å². The summed E-state index contributed by atoms with van der Waals surface area (Å²) in [5, 5.41) is 0. The SMILES string of the molecule is FC(F)(F)Oc1c(I)cc(I)nc1I. The molecule has 0 saturated heterocycles. The molecular formula is C6HF3I3NO. The highest BCUT2D eigenvalue weighted by Gasteiger charge is 2.33.